The second-order valence-electron chi connectivity index (χ2n) is 4.60. The molecular formula is C13H13N5O2S. The lowest BCUT2D eigenvalue weighted by Gasteiger charge is -2.09. The molecule has 0 radical (unpaired) electrons. The van der Waals surface area contributed by atoms with Crippen molar-refractivity contribution in [2.75, 3.05) is 11.6 Å². The average Bonchev–Trinajstić information content (AvgIpc) is 2.92. The Morgan fingerprint density at radius 2 is 2.05 bits per heavy atom. The molecular weight excluding hydrogens is 290 g/mol. The van der Waals surface area contributed by atoms with E-state index in [4.69, 9.17) is 0 Å². The molecule has 0 fully saturated rings. The zero-order valence-corrected chi connectivity index (χ0v) is 12.1. The van der Waals surface area contributed by atoms with Crippen LogP contribution in [0.4, 0.5) is 5.95 Å². The van der Waals surface area contributed by atoms with Gasteiger partial charge in [-0.1, -0.05) is 18.2 Å². The van der Waals surface area contributed by atoms with Gasteiger partial charge in [0.15, 0.2) is 9.84 Å². The molecule has 2 aromatic heterocycles. The number of hydrogen-bond acceptors (Lipinski definition) is 6. The third-order valence-electron chi connectivity index (χ3n) is 3.00. The van der Waals surface area contributed by atoms with Crippen molar-refractivity contribution < 1.29 is 8.42 Å². The van der Waals surface area contributed by atoms with Gasteiger partial charge in [0.05, 0.1) is 17.3 Å². The van der Waals surface area contributed by atoms with Crippen LogP contribution in [0.1, 0.15) is 5.56 Å². The number of anilines is 1. The Morgan fingerprint density at radius 3 is 2.86 bits per heavy atom. The van der Waals surface area contributed by atoms with Crippen LogP contribution in [-0.4, -0.2) is 34.8 Å². The molecule has 0 amide bonds. The van der Waals surface area contributed by atoms with E-state index >= 15 is 0 Å². The Bertz CT molecular complexity index is 888. The highest BCUT2D eigenvalue weighted by atomic mass is 32.2. The summed E-state index contributed by atoms with van der Waals surface area (Å²) in [4.78, 5) is 8.73. The summed E-state index contributed by atoms with van der Waals surface area (Å²) < 4.78 is 23.5. The van der Waals surface area contributed by atoms with Crippen molar-refractivity contribution in [3.05, 3.63) is 42.2 Å². The summed E-state index contributed by atoms with van der Waals surface area (Å²) in [6.07, 6.45) is 4.42. The lowest BCUT2D eigenvalue weighted by molar-refractivity contribution is 0.601. The highest BCUT2D eigenvalue weighted by Gasteiger charge is 2.12. The quantitative estimate of drug-likeness (QED) is 0.755. The van der Waals surface area contributed by atoms with Crippen molar-refractivity contribution in [2.24, 2.45) is 0 Å². The predicted molar refractivity (Wildman–Crippen MR) is 78.6 cm³/mol. The second kappa shape index (κ2) is 5.13. The second-order valence-corrected chi connectivity index (χ2v) is 6.58. The van der Waals surface area contributed by atoms with Crippen LogP contribution in [0.25, 0.3) is 11.0 Å². The van der Waals surface area contributed by atoms with Crippen LogP contribution in [0.2, 0.25) is 0 Å². The summed E-state index contributed by atoms with van der Waals surface area (Å²) in [5.74, 6) is 0.423. The van der Waals surface area contributed by atoms with E-state index in [0.717, 1.165) is 5.52 Å². The Balaban J connectivity index is 1.85. The first-order valence-corrected chi connectivity index (χ1v) is 8.11. The maximum Gasteiger partial charge on any atom is 0.223 e. The van der Waals surface area contributed by atoms with Gasteiger partial charge in [-0.2, -0.15) is 5.10 Å². The van der Waals surface area contributed by atoms with Crippen LogP contribution in [0, 0.1) is 0 Å². The fourth-order valence-electron chi connectivity index (χ4n) is 2.01. The lowest BCUT2D eigenvalue weighted by Crippen LogP contribution is -2.08. The number of sulfone groups is 1. The van der Waals surface area contributed by atoms with Gasteiger partial charge in [0.2, 0.25) is 5.95 Å². The number of aromatic nitrogens is 4. The van der Waals surface area contributed by atoms with Crippen LogP contribution in [-0.2, 0) is 16.4 Å². The van der Waals surface area contributed by atoms with Crippen molar-refractivity contribution in [1.29, 1.82) is 0 Å². The van der Waals surface area contributed by atoms with Crippen LogP contribution < -0.4 is 5.32 Å². The summed E-state index contributed by atoms with van der Waals surface area (Å²) in [6, 6.07) is 6.85. The minimum atomic E-state index is -3.26. The summed E-state index contributed by atoms with van der Waals surface area (Å²) in [6.45, 7) is 0.326. The van der Waals surface area contributed by atoms with Gasteiger partial charge >= 0.3 is 0 Å². The zero-order valence-electron chi connectivity index (χ0n) is 11.2. The van der Waals surface area contributed by atoms with E-state index in [2.05, 4.69) is 25.5 Å². The first-order chi connectivity index (χ1) is 10.0. The molecule has 7 nitrogen and oxygen atoms in total. The average molecular weight is 303 g/mol. The first-order valence-electron chi connectivity index (χ1n) is 6.22. The summed E-state index contributed by atoms with van der Waals surface area (Å²) >= 11 is 0. The summed E-state index contributed by atoms with van der Waals surface area (Å²) in [5, 5.41) is 9.67. The molecule has 0 spiro atoms. The van der Waals surface area contributed by atoms with Crippen LogP contribution in [0.15, 0.2) is 41.6 Å². The summed E-state index contributed by atoms with van der Waals surface area (Å²) in [7, 11) is -3.26. The highest BCUT2D eigenvalue weighted by Crippen LogP contribution is 2.16. The van der Waals surface area contributed by atoms with E-state index in [1.54, 1.807) is 36.7 Å². The molecule has 3 aromatic rings. The molecule has 0 unspecified atom stereocenters. The van der Waals surface area contributed by atoms with E-state index in [1.165, 1.54) is 6.26 Å². The van der Waals surface area contributed by atoms with Crippen molar-refractivity contribution in [3.8, 4) is 0 Å². The smallest absolute Gasteiger partial charge is 0.223 e. The molecule has 0 aliphatic heterocycles. The standard InChI is InChI=1S/C13H13N5O2S/c1-21(19,20)12-5-3-2-4-9(12)6-14-13-15-7-11-10(17-13)8-16-18-11/h2-5,7-8H,6H2,1H3,(H,16,18)(H,14,15,17). The Hall–Kier alpha value is -2.48. The monoisotopic (exact) mass is 303 g/mol. The fourth-order valence-corrected chi connectivity index (χ4v) is 2.96. The van der Waals surface area contributed by atoms with Crippen molar-refractivity contribution in [3.63, 3.8) is 0 Å². The maximum atomic E-state index is 11.7. The van der Waals surface area contributed by atoms with Crippen LogP contribution in [0.3, 0.4) is 0 Å². The van der Waals surface area contributed by atoms with Gasteiger partial charge in [-0.3, -0.25) is 5.10 Å². The van der Waals surface area contributed by atoms with Gasteiger partial charge < -0.3 is 5.32 Å². The number of rotatable bonds is 4. The molecule has 1 aromatic carbocycles. The largest absolute Gasteiger partial charge is 0.350 e. The van der Waals surface area contributed by atoms with E-state index < -0.39 is 9.84 Å². The van der Waals surface area contributed by atoms with E-state index in [-0.39, 0.29) is 0 Å². The minimum absolute atomic E-state index is 0.307. The molecule has 0 bridgehead atoms. The van der Waals surface area contributed by atoms with E-state index in [0.29, 0.717) is 28.5 Å². The predicted octanol–water partition coefficient (Wildman–Crippen LogP) is 1.37. The molecule has 8 heteroatoms. The highest BCUT2D eigenvalue weighted by molar-refractivity contribution is 7.90. The molecule has 0 aliphatic rings. The zero-order chi connectivity index (χ0) is 14.9. The molecule has 0 atom stereocenters. The van der Waals surface area contributed by atoms with Gasteiger partial charge in [-0.05, 0) is 11.6 Å². The van der Waals surface area contributed by atoms with Gasteiger partial charge in [0, 0.05) is 12.8 Å². The third-order valence-corrected chi connectivity index (χ3v) is 4.20. The number of hydrogen-bond donors (Lipinski definition) is 2. The SMILES string of the molecule is CS(=O)(=O)c1ccccc1CNc1ncc2[nH]ncc2n1. The number of aromatic amines is 1. The van der Waals surface area contributed by atoms with Crippen LogP contribution >= 0.6 is 0 Å². The fraction of sp³-hybridized carbons (Fsp3) is 0.154. The number of H-pyrrole nitrogens is 1. The van der Waals surface area contributed by atoms with Gasteiger partial charge in [-0.25, -0.2) is 18.4 Å². The normalized spacial score (nSPS) is 11.7. The van der Waals surface area contributed by atoms with E-state index in [9.17, 15) is 8.42 Å². The molecule has 2 heterocycles. The third kappa shape index (κ3) is 2.84. The molecule has 0 saturated carbocycles. The van der Waals surface area contributed by atoms with Gasteiger partial charge in [-0.15, -0.1) is 0 Å². The number of fused-ring (bicyclic) bond motifs is 1. The number of nitrogens with one attached hydrogen (secondary N) is 2. The topological polar surface area (TPSA) is 101 Å². The van der Waals surface area contributed by atoms with Crippen molar-refractivity contribution >= 4 is 26.8 Å². The number of benzene rings is 1. The van der Waals surface area contributed by atoms with Crippen molar-refractivity contribution in [1.82, 2.24) is 20.2 Å². The number of nitrogens with zero attached hydrogens (tertiary/aromatic N) is 3. The first kappa shape index (κ1) is 13.5. The molecule has 0 aliphatic carbocycles. The maximum absolute atomic E-state index is 11.7. The Morgan fingerprint density at radius 1 is 1.24 bits per heavy atom. The molecule has 108 valence electrons. The molecule has 2 N–H and O–H groups in total. The summed E-state index contributed by atoms with van der Waals surface area (Å²) in [5.41, 5.74) is 2.12. The Labute approximate surface area is 121 Å². The molecule has 0 saturated heterocycles. The molecule has 3 rings (SSSR count). The lowest BCUT2D eigenvalue weighted by atomic mass is 10.2. The van der Waals surface area contributed by atoms with E-state index in [1.807, 2.05) is 0 Å². The van der Waals surface area contributed by atoms with Gasteiger partial charge in [0.1, 0.15) is 11.0 Å². The van der Waals surface area contributed by atoms with Crippen LogP contribution in [0.5, 0.6) is 0 Å². The van der Waals surface area contributed by atoms with Gasteiger partial charge in [0.25, 0.3) is 0 Å². The minimum Gasteiger partial charge on any atom is -0.350 e. The Kier molecular flexibility index (Phi) is 3.30. The van der Waals surface area contributed by atoms with Crippen molar-refractivity contribution in [2.45, 2.75) is 11.4 Å². The molecule has 21 heavy (non-hydrogen) atoms.